The lowest BCUT2D eigenvalue weighted by molar-refractivity contribution is 0.0860. The number of hydrogen-bond acceptors (Lipinski definition) is 2. The second-order valence-electron chi connectivity index (χ2n) is 6.46. The lowest BCUT2D eigenvalue weighted by atomic mass is 9.99. The molecule has 0 spiro atoms. The van der Waals surface area contributed by atoms with Crippen LogP contribution in [0.2, 0.25) is 0 Å². The molecule has 20 heavy (non-hydrogen) atoms. The molecule has 0 saturated carbocycles. The minimum absolute atomic E-state index is 0.0863. The number of aliphatic hydroxyl groups is 2. The third-order valence-electron chi connectivity index (χ3n) is 4.39. The van der Waals surface area contributed by atoms with E-state index in [9.17, 15) is 5.11 Å². The molecule has 0 aliphatic heterocycles. The van der Waals surface area contributed by atoms with Crippen LogP contribution < -0.4 is 0 Å². The first-order chi connectivity index (χ1) is 9.70. The third kappa shape index (κ3) is 14.3. The molecule has 2 atom stereocenters. The van der Waals surface area contributed by atoms with Gasteiger partial charge in [-0.1, -0.05) is 90.9 Å². The van der Waals surface area contributed by atoms with Gasteiger partial charge in [-0.15, -0.1) is 0 Å². The average molecular weight is 286 g/mol. The number of aliphatic hydroxyl groups excluding tert-OH is 2. The topological polar surface area (TPSA) is 40.5 Å². The SMILES string of the molecule is CCC(C)CCCCCCCCCCCCC(O)CO. The van der Waals surface area contributed by atoms with Crippen LogP contribution in [0.4, 0.5) is 0 Å². The summed E-state index contributed by atoms with van der Waals surface area (Å²) in [5.41, 5.74) is 0. The van der Waals surface area contributed by atoms with Crippen LogP contribution in [0.15, 0.2) is 0 Å². The zero-order chi connectivity index (χ0) is 15.1. The van der Waals surface area contributed by atoms with Gasteiger partial charge in [0.1, 0.15) is 0 Å². The standard InChI is InChI=1S/C18H38O2/c1-3-17(2)14-12-10-8-6-4-5-7-9-11-13-15-18(20)16-19/h17-20H,3-16H2,1-2H3. The molecule has 122 valence electrons. The van der Waals surface area contributed by atoms with Gasteiger partial charge in [0, 0.05) is 0 Å². The van der Waals surface area contributed by atoms with Crippen LogP contribution in [0.25, 0.3) is 0 Å². The van der Waals surface area contributed by atoms with Crippen molar-refractivity contribution in [1.82, 2.24) is 0 Å². The zero-order valence-electron chi connectivity index (χ0n) is 13.9. The molecule has 0 aromatic rings. The van der Waals surface area contributed by atoms with Crippen LogP contribution in [0.1, 0.15) is 97.3 Å². The number of rotatable bonds is 15. The Kier molecular flexibility index (Phi) is 15.3. The van der Waals surface area contributed by atoms with Crippen molar-refractivity contribution >= 4 is 0 Å². The van der Waals surface area contributed by atoms with Gasteiger partial charge < -0.3 is 10.2 Å². The Morgan fingerprint density at radius 2 is 1.10 bits per heavy atom. The average Bonchev–Trinajstić information content (AvgIpc) is 2.47. The van der Waals surface area contributed by atoms with Gasteiger partial charge in [-0.25, -0.2) is 0 Å². The Morgan fingerprint density at radius 1 is 0.700 bits per heavy atom. The van der Waals surface area contributed by atoms with Gasteiger partial charge in [-0.2, -0.15) is 0 Å². The van der Waals surface area contributed by atoms with Crippen LogP contribution in [0.5, 0.6) is 0 Å². The van der Waals surface area contributed by atoms with E-state index in [0.717, 1.165) is 18.8 Å². The summed E-state index contributed by atoms with van der Waals surface area (Å²) in [5.74, 6) is 0.916. The molecule has 0 amide bonds. The summed E-state index contributed by atoms with van der Waals surface area (Å²) in [6, 6.07) is 0. The van der Waals surface area contributed by atoms with Crippen molar-refractivity contribution in [3.8, 4) is 0 Å². The highest BCUT2D eigenvalue weighted by Gasteiger charge is 2.01. The molecule has 0 heterocycles. The Morgan fingerprint density at radius 3 is 1.50 bits per heavy atom. The Bertz CT molecular complexity index is 162. The molecular formula is C18H38O2. The molecule has 2 N–H and O–H groups in total. The van der Waals surface area contributed by atoms with Gasteiger partial charge in [-0.05, 0) is 12.3 Å². The van der Waals surface area contributed by atoms with E-state index in [0.29, 0.717) is 0 Å². The summed E-state index contributed by atoms with van der Waals surface area (Å²) in [5, 5.41) is 17.9. The van der Waals surface area contributed by atoms with E-state index in [2.05, 4.69) is 13.8 Å². The van der Waals surface area contributed by atoms with Crippen LogP contribution >= 0.6 is 0 Å². The predicted molar refractivity (Wildman–Crippen MR) is 88.0 cm³/mol. The monoisotopic (exact) mass is 286 g/mol. The van der Waals surface area contributed by atoms with Crippen LogP contribution in [0, 0.1) is 5.92 Å². The first-order valence-electron chi connectivity index (χ1n) is 8.99. The minimum Gasteiger partial charge on any atom is -0.394 e. The Balaban J connectivity index is 3.03. The minimum atomic E-state index is -0.495. The zero-order valence-corrected chi connectivity index (χ0v) is 13.9. The summed E-state index contributed by atoms with van der Waals surface area (Å²) in [6.07, 6.45) is 16.3. The van der Waals surface area contributed by atoms with Gasteiger partial charge in [0.2, 0.25) is 0 Å². The smallest absolute Gasteiger partial charge is 0.0770 e. The van der Waals surface area contributed by atoms with E-state index in [1.807, 2.05) is 0 Å². The van der Waals surface area contributed by atoms with Gasteiger partial charge in [0.05, 0.1) is 12.7 Å². The highest BCUT2D eigenvalue weighted by Crippen LogP contribution is 2.15. The van der Waals surface area contributed by atoms with E-state index in [1.54, 1.807) is 0 Å². The van der Waals surface area contributed by atoms with Gasteiger partial charge >= 0.3 is 0 Å². The predicted octanol–water partition coefficient (Wildman–Crippen LogP) is 5.07. The fourth-order valence-electron chi connectivity index (χ4n) is 2.58. The first kappa shape index (κ1) is 19.9. The number of hydrogen-bond donors (Lipinski definition) is 2. The second-order valence-corrected chi connectivity index (χ2v) is 6.46. The van der Waals surface area contributed by atoms with Crippen LogP contribution in [-0.4, -0.2) is 22.9 Å². The Labute approximate surface area is 127 Å². The van der Waals surface area contributed by atoms with Crippen molar-refractivity contribution in [2.45, 2.75) is 103 Å². The maximum Gasteiger partial charge on any atom is 0.0770 e. The molecule has 0 aliphatic carbocycles. The van der Waals surface area contributed by atoms with Gasteiger partial charge in [0.15, 0.2) is 0 Å². The second kappa shape index (κ2) is 15.3. The Hall–Kier alpha value is -0.0800. The maximum atomic E-state index is 9.20. The molecule has 0 rings (SSSR count). The van der Waals surface area contributed by atoms with Crippen molar-refractivity contribution in [2.75, 3.05) is 6.61 Å². The molecule has 0 aromatic carbocycles. The fourth-order valence-corrected chi connectivity index (χ4v) is 2.58. The van der Waals surface area contributed by atoms with E-state index in [1.165, 1.54) is 70.6 Å². The molecular weight excluding hydrogens is 248 g/mol. The molecule has 0 radical (unpaired) electrons. The summed E-state index contributed by atoms with van der Waals surface area (Å²) >= 11 is 0. The molecule has 2 heteroatoms. The molecule has 0 fully saturated rings. The third-order valence-corrected chi connectivity index (χ3v) is 4.39. The first-order valence-corrected chi connectivity index (χ1v) is 8.99. The van der Waals surface area contributed by atoms with Gasteiger partial charge in [-0.3, -0.25) is 0 Å². The largest absolute Gasteiger partial charge is 0.394 e. The normalized spacial score (nSPS) is 14.4. The molecule has 0 aliphatic rings. The number of unbranched alkanes of at least 4 members (excludes halogenated alkanes) is 9. The van der Waals surface area contributed by atoms with Gasteiger partial charge in [0.25, 0.3) is 0 Å². The van der Waals surface area contributed by atoms with E-state index >= 15 is 0 Å². The van der Waals surface area contributed by atoms with Crippen molar-refractivity contribution in [3.05, 3.63) is 0 Å². The summed E-state index contributed by atoms with van der Waals surface area (Å²) in [6.45, 7) is 4.56. The van der Waals surface area contributed by atoms with Crippen molar-refractivity contribution in [1.29, 1.82) is 0 Å². The van der Waals surface area contributed by atoms with Crippen molar-refractivity contribution in [3.63, 3.8) is 0 Å². The lowest BCUT2D eigenvalue weighted by Crippen LogP contribution is -2.10. The highest BCUT2D eigenvalue weighted by molar-refractivity contribution is 4.54. The molecule has 2 unspecified atom stereocenters. The van der Waals surface area contributed by atoms with Crippen molar-refractivity contribution < 1.29 is 10.2 Å². The molecule has 2 nitrogen and oxygen atoms in total. The summed E-state index contributed by atoms with van der Waals surface area (Å²) < 4.78 is 0. The maximum absolute atomic E-state index is 9.20. The molecule has 0 bridgehead atoms. The quantitative estimate of drug-likeness (QED) is 0.413. The lowest BCUT2D eigenvalue weighted by Gasteiger charge is -2.07. The summed E-state index contributed by atoms with van der Waals surface area (Å²) in [7, 11) is 0. The van der Waals surface area contributed by atoms with Crippen LogP contribution in [-0.2, 0) is 0 Å². The summed E-state index contributed by atoms with van der Waals surface area (Å²) in [4.78, 5) is 0. The van der Waals surface area contributed by atoms with E-state index < -0.39 is 6.10 Å². The van der Waals surface area contributed by atoms with E-state index in [-0.39, 0.29) is 6.61 Å². The van der Waals surface area contributed by atoms with E-state index in [4.69, 9.17) is 5.11 Å². The molecule has 0 aromatic heterocycles. The van der Waals surface area contributed by atoms with Crippen molar-refractivity contribution in [2.24, 2.45) is 5.92 Å². The fraction of sp³-hybridized carbons (Fsp3) is 1.00. The van der Waals surface area contributed by atoms with Crippen LogP contribution in [0.3, 0.4) is 0 Å². The molecule has 0 saturated heterocycles. The highest BCUT2D eigenvalue weighted by atomic mass is 16.3.